The topological polar surface area (TPSA) is 53.6 Å². The van der Waals surface area contributed by atoms with Crippen LogP contribution in [0, 0.1) is 0 Å². The number of carbonyl (C=O) groups is 1. The highest BCUT2D eigenvalue weighted by atomic mass is 16.5. The van der Waals surface area contributed by atoms with Crippen molar-refractivity contribution in [3.8, 4) is 0 Å². The minimum atomic E-state index is -0.0490. The lowest BCUT2D eigenvalue weighted by molar-refractivity contribution is -0.0461. The molecular formula is C16H23N3O2. The van der Waals surface area contributed by atoms with E-state index in [4.69, 9.17) is 4.74 Å². The van der Waals surface area contributed by atoms with Crippen LogP contribution in [0.25, 0.3) is 0 Å². The minimum Gasteiger partial charge on any atom is -0.387 e. The molecule has 2 aliphatic rings. The lowest BCUT2D eigenvalue weighted by atomic mass is 10.1. The van der Waals surface area contributed by atoms with Crippen molar-refractivity contribution in [3.05, 3.63) is 29.8 Å². The number of carbonyl (C=O) groups excluding carboxylic acids is 1. The third-order valence-corrected chi connectivity index (χ3v) is 4.39. The molecule has 2 N–H and O–H groups in total. The van der Waals surface area contributed by atoms with E-state index in [0.29, 0.717) is 18.2 Å². The first-order chi connectivity index (χ1) is 10.3. The molecule has 2 atom stereocenters. The van der Waals surface area contributed by atoms with E-state index in [1.807, 2.05) is 31.3 Å². The number of amides is 1. The molecule has 1 aromatic carbocycles. The smallest absolute Gasteiger partial charge is 0.253 e. The maximum Gasteiger partial charge on any atom is 0.253 e. The Morgan fingerprint density at radius 1 is 1.43 bits per heavy atom. The first-order valence-electron chi connectivity index (χ1n) is 7.68. The molecule has 5 nitrogen and oxygen atoms in total. The van der Waals surface area contributed by atoms with E-state index in [1.165, 1.54) is 19.4 Å². The molecule has 114 valence electrons. The van der Waals surface area contributed by atoms with E-state index in [9.17, 15) is 4.79 Å². The fraction of sp³-hybridized carbons (Fsp3) is 0.562. The molecule has 2 saturated heterocycles. The minimum absolute atomic E-state index is 0.0490. The van der Waals surface area contributed by atoms with Gasteiger partial charge in [-0.15, -0.1) is 0 Å². The molecule has 0 bridgehead atoms. The van der Waals surface area contributed by atoms with Gasteiger partial charge in [-0.25, -0.2) is 0 Å². The summed E-state index contributed by atoms with van der Waals surface area (Å²) in [6.07, 6.45) is 2.61. The lowest BCUT2D eigenvalue weighted by Crippen LogP contribution is -2.50. The normalized spacial score (nSPS) is 25.4. The number of nitrogens with zero attached hydrogens (tertiary/aromatic N) is 1. The molecule has 1 amide bonds. The summed E-state index contributed by atoms with van der Waals surface area (Å²) in [5, 5.41) is 6.04. The molecule has 0 radical (unpaired) electrons. The van der Waals surface area contributed by atoms with Crippen LogP contribution in [0.4, 0.5) is 5.69 Å². The molecule has 2 fully saturated rings. The monoisotopic (exact) mass is 289 g/mol. The van der Waals surface area contributed by atoms with Gasteiger partial charge in [0.25, 0.3) is 5.91 Å². The van der Waals surface area contributed by atoms with Crippen LogP contribution in [0.5, 0.6) is 0 Å². The van der Waals surface area contributed by atoms with E-state index in [0.717, 1.165) is 18.8 Å². The highest BCUT2D eigenvalue weighted by Gasteiger charge is 2.32. The molecule has 2 heterocycles. The number of ether oxygens (including phenoxy) is 1. The van der Waals surface area contributed by atoms with Crippen molar-refractivity contribution in [1.29, 1.82) is 0 Å². The van der Waals surface area contributed by atoms with E-state index < -0.39 is 0 Å². The Morgan fingerprint density at radius 2 is 2.29 bits per heavy atom. The Hall–Kier alpha value is -1.59. The summed E-state index contributed by atoms with van der Waals surface area (Å²) in [5.41, 5.74) is 1.52. The maximum absolute atomic E-state index is 12.3. The van der Waals surface area contributed by atoms with Crippen molar-refractivity contribution in [1.82, 2.24) is 10.2 Å². The Bertz CT molecular complexity index is 506. The number of para-hydroxylation sites is 1. The Morgan fingerprint density at radius 3 is 3.14 bits per heavy atom. The van der Waals surface area contributed by atoms with E-state index in [-0.39, 0.29) is 12.0 Å². The van der Waals surface area contributed by atoms with E-state index in [1.54, 1.807) is 0 Å². The molecule has 2 unspecified atom stereocenters. The van der Waals surface area contributed by atoms with Crippen molar-refractivity contribution in [2.75, 3.05) is 38.6 Å². The van der Waals surface area contributed by atoms with Gasteiger partial charge in [0.05, 0.1) is 18.3 Å². The van der Waals surface area contributed by atoms with Gasteiger partial charge in [0.15, 0.2) is 0 Å². The van der Waals surface area contributed by atoms with Crippen molar-refractivity contribution >= 4 is 11.6 Å². The number of benzene rings is 1. The van der Waals surface area contributed by atoms with Crippen molar-refractivity contribution in [2.24, 2.45) is 0 Å². The number of anilines is 1. The number of hydrogen-bond acceptors (Lipinski definition) is 4. The predicted octanol–water partition coefficient (Wildman–Crippen LogP) is 1.32. The standard InChI is InChI=1S/C16H23N3O2/c1-17-15-7-3-2-6-14(15)16(20)18-9-13-10-19-8-4-5-12(19)11-21-13/h2-3,6-7,12-13,17H,4-5,8-11H2,1H3,(H,18,20). The zero-order valence-electron chi connectivity index (χ0n) is 12.5. The largest absolute Gasteiger partial charge is 0.387 e. The van der Waals surface area contributed by atoms with Gasteiger partial charge in [-0.2, -0.15) is 0 Å². The molecule has 0 saturated carbocycles. The highest BCUT2D eigenvalue weighted by Crippen LogP contribution is 2.22. The number of nitrogens with one attached hydrogen (secondary N) is 2. The van der Waals surface area contributed by atoms with E-state index >= 15 is 0 Å². The Labute approximate surface area is 125 Å². The highest BCUT2D eigenvalue weighted by molar-refractivity contribution is 5.99. The van der Waals surface area contributed by atoms with Gasteiger partial charge in [0.1, 0.15) is 0 Å². The number of fused-ring (bicyclic) bond motifs is 1. The average Bonchev–Trinajstić information content (AvgIpc) is 3.00. The molecule has 5 heteroatoms. The molecular weight excluding hydrogens is 266 g/mol. The van der Waals surface area contributed by atoms with Crippen LogP contribution in [0.15, 0.2) is 24.3 Å². The Kier molecular flexibility index (Phi) is 4.41. The fourth-order valence-corrected chi connectivity index (χ4v) is 3.21. The van der Waals surface area contributed by atoms with Crippen LogP contribution in [-0.2, 0) is 4.74 Å². The first kappa shape index (κ1) is 14.4. The zero-order valence-corrected chi connectivity index (χ0v) is 12.5. The van der Waals surface area contributed by atoms with Gasteiger partial charge in [-0.1, -0.05) is 12.1 Å². The van der Waals surface area contributed by atoms with E-state index in [2.05, 4.69) is 15.5 Å². The molecule has 2 aliphatic heterocycles. The van der Waals surface area contributed by atoms with Crippen molar-refractivity contribution in [2.45, 2.75) is 25.0 Å². The second kappa shape index (κ2) is 6.45. The van der Waals surface area contributed by atoms with Gasteiger partial charge in [0, 0.05) is 31.9 Å². The van der Waals surface area contributed by atoms with Crippen molar-refractivity contribution in [3.63, 3.8) is 0 Å². The predicted molar refractivity (Wildman–Crippen MR) is 82.7 cm³/mol. The Balaban J connectivity index is 1.54. The van der Waals surface area contributed by atoms with Crippen LogP contribution in [0.3, 0.4) is 0 Å². The average molecular weight is 289 g/mol. The summed E-state index contributed by atoms with van der Waals surface area (Å²) < 4.78 is 5.86. The van der Waals surface area contributed by atoms with Crippen LogP contribution in [0.2, 0.25) is 0 Å². The quantitative estimate of drug-likeness (QED) is 0.878. The third-order valence-electron chi connectivity index (χ3n) is 4.39. The molecule has 1 aromatic rings. The van der Waals surface area contributed by atoms with Crippen LogP contribution in [0.1, 0.15) is 23.2 Å². The molecule has 0 aromatic heterocycles. The molecule has 0 spiro atoms. The summed E-state index contributed by atoms with van der Waals surface area (Å²) >= 11 is 0. The van der Waals surface area contributed by atoms with Gasteiger partial charge in [-0.05, 0) is 31.5 Å². The van der Waals surface area contributed by atoms with Crippen LogP contribution < -0.4 is 10.6 Å². The fourth-order valence-electron chi connectivity index (χ4n) is 3.21. The third kappa shape index (κ3) is 3.19. The number of morpholine rings is 1. The second-order valence-corrected chi connectivity index (χ2v) is 5.75. The second-order valence-electron chi connectivity index (χ2n) is 5.75. The summed E-state index contributed by atoms with van der Waals surface area (Å²) in [6.45, 7) is 3.47. The van der Waals surface area contributed by atoms with Crippen molar-refractivity contribution < 1.29 is 9.53 Å². The molecule has 0 aliphatic carbocycles. The maximum atomic E-state index is 12.3. The van der Waals surface area contributed by atoms with Crippen LogP contribution in [-0.4, -0.2) is 56.2 Å². The van der Waals surface area contributed by atoms with Gasteiger partial charge < -0.3 is 15.4 Å². The number of hydrogen-bond donors (Lipinski definition) is 2. The summed E-state index contributed by atoms with van der Waals surface area (Å²) in [6, 6.07) is 8.13. The zero-order chi connectivity index (χ0) is 14.7. The summed E-state index contributed by atoms with van der Waals surface area (Å²) in [5.74, 6) is -0.0490. The van der Waals surface area contributed by atoms with Gasteiger partial charge in [-0.3, -0.25) is 9.69 Å². The first-order valence-corrected chi connectivity index (χ1v) is 7.68. The molecule has 21 heavy (non-hydrogen) atoms. The molecule has 3 rings (SSSR count). The SMILES string of the molecule is CNc1ccccc1C(=O)NCC1CN2CCCC2CO1. The lowest BCUT2D eigenvalue weighted by Gasteiger charge is -2.35. The van der Waals surface area contributed by atoms with Crippen LogP contribution >= 0.6 is 0 Å². The summed E-state index contributed by atoms with van der Waals surface area (Å²) in [4.78, 5) is 14.8. The number of rotatable bonds is 4. The summed E-state index contributed by atoms with van der Waals surface area (Å²) in [7, 11) is 1.82. The van der Waals surface area contributed by atoms with Gasteiger partial charge >= 0.3 is 0 Å². The van der Waals surface area contributed by atoms with Gasteiger partial charge in [0.2, 0.25) is 0 Å².